The number of carbonyl (C=O) groups is 2. The second-order valence-electron chi connectivity index (χ2n) is 6.87. The molecular formula is C16H25N3O3S. The Balaban J connectivity index is 1.79. The first-order chi connectivity index (χ1) is 10.8. The number of thiazole rings is 1. The van der Waals surface area contributed by atoms with Crippen LogP contribution in [0.2, 0.25) is 0 Å². The highest BCUT2D eigenvalue weighted by atomic mass is 32.1. The predicted octanol–water partition coefficient (Wildman–Crippen LogP) is 2.66. The molecule has 23 heavy (non-hydrogen) atoms. The molecule has 6 nitrogen and oxygen atoms in total. The Morgan fingerprint density at radius 3 is 2.57 bits per heavy atom. The van der Waals surface area contributed by atoms with E-state index in [4.69, 9.17) is 4.74 Å². The van der Waals surface area contributed by atoms with Gasteiger partial charge in [0.1, 0.15) is 5.60 Å². The number of likely N-dealkylation sites (tertiary alicyclic amines) is 1. The monoisotopic (exact) mass is 339 g/mol. The van der Waals surface area contributed by atoms with Crippen LogP contribution < -0.4 is 0 Å². The van der Waals surface area contributed by atoms with E-state index in [0.29, 0.717) is 30.7 Å². The summed E-state index contributed by atoms with van der Waals surface area (Å²) < 4.78 is 5.40. The molecule has 1 amide bonds. The van der Waals surface area contributed by atoms with Crippen molar-refractivity contribution >= 4 is 23.2 Å². The quantitative estimate of drug-likeness (QED) is 0.789. The molecular weight excluding hydrogens is 314 g/mol. The van der Waals surface area contributed by atoms with Crippen LogP contribution in [0.1, 0.15) is 43.4 Å². The van der Waals surface area contributed by atoms with Crippen molar-refractivity contribution in [3.8, 4) is 0 Å². The van der Waals surface area contributed by atoms with Crippen LogP contribution >= 0.6 is 11.3 Å². The number of hydrogen-bond acceptors (Lipinski definition) is 6. The Bertz CT molecular complexity index is 531. The van der Waals surface area contributed by atoms with E-state index in [1.165, 1.54) is 11.3 Å². The predicted molar refractivity (Wildman–Crippen MR) is 89.9 cm³/mol. The van der Waals surface area contributed by atoms with Crippen molar-refractivity contribution < 1.29 is 14.3 Å². The van der Waals surface area contributed by atoms with Crippen molar-refractivity contribution in [1.29, 1.82) is 0 Å². The van der Waals surface area contributed by atoms with Gasteiger partial charge in [-0.1, -0.05) is 0 Å². The van der Waals surface area contributed by atoms with Gasteiger partial charge in [0.05, 0.1) is 6.54 Å². The highest BCUT2D eigenvalue weighted by molar-refractivity contribution is 7.11. The van der Waals surface area contributed by atoms with Gasteiger partial charge in [0.25, 0.3) is 0 Å². The summed E-state index contributed by atoms with van der Waals surface area (Å²) in [7, 11) is 1.96. The number of Topliss-reactive ketones (excluding diaryl/α,β-unsaturated/α-hetero) is 1. The highest BCUT2D eigenvalue weighted by Gasteiger charge is 2.29. The molecule has 0 N–H and O–H groups in total. The lowest BCUT2D eigenvalue weighted by atomic mass is 10.0. The van der Waals surface area contributed by atoms with Crippen molar-refractivity contribution in [1.82, 2.24) is 14.8 Å². The summed E-state index contributed by atoms with van der Waals surface area (Å²) in [6.07, 6.45) is 3.09. The third-order valence-corrected chi connectivity index (χ3v) is 4.62. The van der Waals surface area contributed by atoms with Crippen LogP contribution in [0.4, 0.5) is 4.79 Å². The molecule has 0 saturated carbocycles. The average molecular weight is 339 g/mol. The maximum atomic E-state index is 12.1. The van der Waals surface area contributed by atoms with Crippen LogP contribution in [0.25, 0.3) is 0 Å². The highest BCUT2D eigenvalue weighted by Crippen LogP contribution is 2.19. The summed E-state index contributed by atoms with van der Waals surface area (Å²) in [6.45, 7) is 7.30. The smallest absolute Gasteiger partial charge is 0.410 e. The van der Waals surface area contributed by atoms with Crippen molar-refractivity contribution in [3.05, 3.63) is 16.6 Å². The molecule has 1 aromatic rings. The summed E-state index contributed by atoms with van der Waals surface area (Å²) in [4.78, 5) is 32.0. The number of ether oxygens (including phenoxy) is 1. The van der Waals surface area contributed by atoms with E-state index < -0.39 is 5.60 Å². The van der Waals surface area contributed by atoms with E-state index in [-0.39, 0.29) is 11.9 Å². The summed E-state index contributed by atoms with van der Waals surface area (Å²) >= 11 is 1.37. The minimum atomic E-state index is -0.467. The molecule has 0 radical (unpaired) electrons. The fraction of sp³-hybridized carbons (Fsp3) is 0.688. The van der Waals surface area contributed by atoms with Crippen LogP contribution in [0.5, 0.6) is 0 Å². The number of nitrogens with zero attached hydrogens (tertiary/aromatic N) is 3. The molecule has 2 rings (SSSR count). The second kappa shape index (κ2) is 7.40. The number of amides is 1. The van der Waals surface area contributed by atoms with Crippen molar-refractivity contribution in [3.63, 3.8) is 0 Å². The fourth-order valence-corrected chi connectivity index (χ4v) is 3.17. The number of hydrogen-bond donors (Lipinski definition) is 0. The zero-order chi connectivity index (χ0) is 17.0. The largest absolute Gasteiger partial charge is 0.444 e. The Morgan fingerprint density at radius 2 is 2.04 bits per heavy atom. The van der Waals surface area contributed by atoms with Gasteiger partial charge in [0.15, 0.2) is 5.01 Å². The second-order valence-corrected chi connectivity index (χ2v) is 7.77. The van der Waals surface area contributed by atoms with Gasteiger partial charge in [0.2, 0.25) is 5.78 Å². The number of likely N-dealkylation sites (N-methyl/N-ethyl adjacent to an activating group) is 1. The van der Waals surface area contributed by atoms with Gasteiger partial charge in [-0.15, -0.1) is 11.3 Å². The average Bonchev–Trinajstić information content (AvgIpc) is 3.00. The minimum absolute atomic E-state index is 0.0528. The third-order valence-electron chi connectivity index (χ3n) is 3.80. The molecule has 128 valence electrons. The van der Waals surface area contributed by atoms with Crippen molar-refractivity contribution in [2.45, 2.75) is 45.3 Å². The maximum Gasteiger partial charge on any atom is 0.410 e. The SMILES string of the molecule is CN(CC(=O)c1nccs1)C1CCN(C(=O)OC(C)(C)C)CC1. The summed E-state index contributed by atoms with van der Waals surface area (Å²) in [5, 5.41) is 2.37. The molecule has 0 unspecified atom stereocenters. The lowest BCUT2D eigenvalue weighted by molar-refractivity contribution is 0.0156. The first-order valence-electron chi connectivity index (χ1n) is 7.87. The van der Waals surface area contributed by atoms with Crippen LogP contribution in [0.15, 0.2) is 11.6 Å². The Kier molecular flexibility index (Phi) is 5.75. The fourth-order valence-electron chi connectivity index (χ4n) is 2.60. The lowest BCUT2D eigenvalue weighted by Crippen LogP contribution is -2.47. The summed E-state index contributed by atoms with van der Waals surface area (Å²) in [6, 6.07) is 0.303. The maximum absolute atomic E-state index is 12.1. The third kappa shape index (κ3) is 5.28. The molecule has 0 aromatic carbocycles. The van der Waals surface area contributed by atoms with E-state index in [1.54, 1.807) is 11.1 Å². The van der Waals surface area contributed by atoms with Gasteiger partial charge in [-0.25, -0.2) is 9.78 Å². The molecule has 2 heterocycles. The molecule has 0 aliphatic carbocycles. The van der Waals surface area contributed by atoms with Gasteiger partial charge in [-0.2, -0.15) is 0 Å². The van der Waals surface area contributed by atoms with Crippen LogP contribution in [-0.4, -0.2) is 65.0 Å². The first-order valence-corrected chi connectivity index (χ1v) is 8.75. The summed E-state index contributed by atoms with van der Waals surface area (Å²) in [5.41, 5.74) is -0.467. The van der Waals surface area contributed by atoms with Crippen molar-refractivity contribution in [2.75, 3.05) is 26.7 Å². The van der Waals surface area contributed by atoms with E-state index in [0.717, 1.165) is 12.8 Å². The zero-order valence-corrected chi connectivity index (χ0v) is 15.1. The van der Waals surface area contributed by atoms with Gasteiger partial charge in [-0.05, 0) is 40.7 Å². The van der Waals surface area contributed by atoms with Gasteiger partial charge in [0, 0.05) is 30.7 Å². The number of aromatic nitrogens is 1. The van der Waals surface area contributed by atoms with Crippen LogP contribution in [-0.2, 0) is 4.74 Å². The molecule has 0 atom stereocenters. The van der Waals surface area contributed by atoms with Crippen LogP contribution in [0, 0.1) is 0 Å². The molecule has 0 spiro atoms. The van der Waals surface area contributed by atoms with E-state index >= 15 is 0 Å². The number of carbonyl (C=O) groups excluding carboxylic acids is 2. The number of rotatable bonds is 4. The molecule has 7 heteroatoms. The minimum Gasteiger partial charge on any atom is -0.444 e. The zero-order valence-electron chi connectivity index (χ0n) is 14.2. The normalized spacial score (nSPS) is 16.7. The van der Waals surface area contributed by atoms with E-state index in [9.17, 15) is 9.59 Å². The first kappa shape index (κ1) is 17.9. The standard InChI is InChI=1S/C16H25N3O3S/c1-16(2,3)22-15(21)19-8-5-12(6-9-19)18(4)11-13(20)14-17-7-10-23-14/h7,10,12H,5-6,8-9,11H2,1-4H3. The Hall–Kier alpha value is -1.47. The van der Waals surface area contributed by atoms with Gasteiger partial charge < -0.3 is 9.64 Å². The number of piperidine rings is 1. The number of ketones is 1. The summed E-state index contributed by atoms with van der Waals surface area (Å²) in [5.74, 6) is 0.0528. The molecule has 0 bridgehead atoms. The Labute approximate surface area is 141 Å². The van der Waals surface area contributed by atoms with Gasteiger partial charge in [-0.3, -0.25) is 9.69 Å². The van der Waals surface area contributed by atoms with E-state index in [1.807, 2.05) is 33.2 Å². The lowest BCUT2D eigenvalue weighted by Gasteiger charge is -2.37. The Morgan fingerprint density at radius 1 is 1.39 bits per heavy atom. The molecule has 1 saturated heterocycles. The topological polar surface area (TPSA) is 62.7 Å². The molecule has 1 aromatic heterocycles. The molecule has 1 fully saturated rings. The van der Waals surface area contributed by atoms with Crippen LogP contribution in [0.3, 0.4) is 0 Å². The van der Waals surface area contributed by atoms with Gasteiger partial charge >= 0.3 is 6.09 Å². The van der Waals surface area contributed by atoms with Crippen molar-refractivity contribution in [2.24, 2.45) is 0 Å². The molecule has 1 aliphatic heterocycles. The molecule has 1 aliphatic rings. The van der Waals surface area contributed by atoms with E-state index in [2.05, 4.69) is 9.88 Å².